The minimum Gasteiger partial charge on any atom is -0.353 e. The van der Waals surface area contributed by atoms with Crippen LogP contribution < -0.4 is 5.32 Å². The monoisotopic (exact) mass is 182 g/mol. The van der Waals surface area contributed by atoms with Crippen LogP contribution in [0.5, 0.6) is 0 Å². The van der Waals surface area contributed by atoms with Gasteiger partial charge in [0.15, 0.2) is 0 Å². The molecule has 1 amide bonds. The van der Waals surface area contributed by atoms with E-state index in [1.54, 1.807) is 12.2 Å². The van der Waals surface area contributed by atoms with E-state index in [9.17, 15) is 14.9 Å². The van der Waals surface area contributed by atoms with Gasteiger partial charge < -0.3 is 5.32 Å². The molecular weight excluding hydrogens is 172 g/mol. The molecule has 5 heteroatoms. The van der Waals surface area contributed by atoms with Crippen molar-refractivity contribution in [2.75, 3.05) is 7.05 Å². The third-order valence-electron chi connectivity index (χ3n) is 1.99. The van der Waals surface area contributed by atoms with E-state index in [0.29, 0.717) is 0 Å². The van der Waals surface area contributed by atoms with Crippen molar-refractivity contribution >= 4 is 5.91 Å². The summed E-state index contributed by atoms with van der Waals surface area (Å²) in [4.78, 5) is 21.5. The first-order valence-electron chi connectivity index (χ1n) is 3.84. The van der Waals surface area contributed by atoms with Crippen LogP contribution in [-0.2, 0) is 4.79 Å². The first kappa shape index (κ1) is 9.44. The number of rotatable bonds is 2. The first-order chi connectivity index (χ1) is 6.13. The molecule has 1 rings (SSSR count). The second-order valence-electron chi connectivity index (χ2n) is 2.75. The van der Waals surface area contributed by atoms with Crippen molar-refractivity contribution < 1.29 is 9.72 Å². The molecule has 0 radical (unpaired) electrons. The number of hydrogen-bond donors (Lipinski definition) is 1. The largest absolute Gasteiger partial charge is 0.353 e. The van der Waals surface area contributed by atoms with Gasteiger partial charge >= 0.3 is 11.4 Å². The van der Waals surface area contributed by atoms with E-state index in [-0.39, 0.29) is 6.42 Å². The Kier molecular flexibility index (Phi) is 2.46. The summed E-state index contributed by atoms with van der Waals surface area (Å²) in [6.07, 6.45) is 6.23. The lowest BCUT2D eigenvalue weighted by Gasteiger charge is -2.19. The molecule has 0 aromatic carbocycles. The predicted octanol–water partition coefficient (Wildman–Crippen LogP) is 0.264. The van der Waals surface area contributed by atoms with Gasteiger partial charge in [-0.15, -0.1) is 0 Å². The zero-order valence-corrected chi connectivity index (χ0v) is 7.19. The lowest BCUT2D eigenvalue weighted by atomic mass is 9.91. The molecular formula is C8H10N2O3. The van der Waals surface area contributed by atoms with Gasteiger partial charge in [-0.2, -0.15) is 0 Å². The van der Waals surface area contributed by atoms with Crippen molar-refractivity contribution in [3.05, 3.63) is 34.4 Å². The van der Waals surface area contributed by atoms with E-state index in [0.717, 1.165) is 0 Å². The third kappa shape index (κ3) is 1.44. The van der Waals surface area contributed by atoms with Crippen molar-refractivity contribution in [3.8, 4) is 0 Å². The Balaban J connectivity index is 3.02. The number of carbonyl (C=O) groups is 1. The number of nitrogens with zero attached hydrogens (tertiary/aromatic N) is 1. The Morgan fingerprint density at radius 2 is 2.31 bits per heavy atom. The summed E-state index contributed by atoms with van der Waals surface area (Å²) >= 11 is 0. The van der Waals surface area contributed by atoms with Gasteiger partial charge in [0, 0.05) is 24.5 Å². The normalized spacial score (nSPS) is 25.6. The Bertz CT molecular complexity index is 296. The maximum absolute atomic E-state index is 11.3. The third-order valence-corrected chi connectivity index (χ3v) is 1.99. The summed E-state index contributed by atoms with van der Waals surface area (Å²) < 4.78 is 0. The molecule has 1 aliphatic carbocycles. The maximum Gasteiger partial charge on any atom is 0.320 e. The second kappa shape index (κ2) is 3.38. The summed E-state index contributed by atoms with van der Waals surface area (Å²) in [6, 6.07) is 0. The Morgan fingerprint density at radius 3 is 2.69 bits per heavy atom. The number of likely N-dealkylation sites (N-methyl/N-ethyl adjacent to an activating group) is 1. The number of nitro groups is 1. The van der Waals surface area contributed by atoms with Crippen LogP contribution >= 0.6 is 0 Å². The molecule has 1 unspecified atom stereocenters. The number of amides is 1. The van der Waals surface area contributed by atoms with Crippen LogP contribution in [0.4, 0.5) is 0 Å². The van der Waals surface area contributed by atoms with Crippen molar-refractivity contribution in [1.29, 1.82) is 0 Å². The van der Waals surface area contributed by atoms with E-state index in [1.165, 1.54) is 19.2 Å². The van der Waals surface area contributed by atoms with E-state index in [4.69, 9.17) is 0 Å². The maximum atomic E-state index is 11.3. The zero-order valence-electron chi connectivity index (χ0n) is 7.19. The minimum absolute atomic E-state index is 0.107. The molecule has 0 saturated carbocycles. The molecule has 5 nitrogen and oxygen atoms in total. The van der Waals surface area contributed by atoms with Crippen LogP contribution in [0.15, 0.2) is 24.3 Å². The fourth-order valence-corrected chi connectivity index (χ4v) is 1.21. The van der Waals surface area contributed by atoms with Gasteiger partial charge in [0.25, 0.3) is 0 Å². The van der Waals surface area contributed by atoms with Gasteiger partial charge in [-0.25, -0.2) is 0 Å². The highest BCUT2D eigenvalue weighted by Crippen LogP contribution is 2.21. The van der Waals surface area contributed by atoms with Crippen molar-refractivity contribution in [2.24, 2.45) is 0 Å². The summed E-state index contributed by atoms with van der Waals surface area (Å²) in [6.45, 7) is 0. The summed E-state index contributed by atoms with van der Waals surface area (Å²) in [5.74, 6) is -0.585. The molecule has 0 aromatic heterocycles. The molecule has 0 fully saturated rings. The van der Waals surface area contributed by atoms with Crippen LogP contribution in [0, 0.1) is 10.1 Å². The highest BCUT2D eigenvalue weighted by molar-refractivity contribution is 5.87. The fourth-order valence-electron chi connectivity index (χ4n) is 1.21. The van der Waals surface area contributed by atoms with Crippen LogP contribution in [0.2, 0.25) is 0 Å². The van der Waals surface area contributed by atoms with Crippen LogP contribution in [0.25, 0.3) is 0 Å². The van der Waals surface area contributed by atoms with E-state index in [1.807, 2.05) is 0 Å². The van der Waals surface area contributed by atoms with Crippen LogP contribution in [-0.4, -0.2) is 23.4 Å². The van der Waals surface area contributed by atoms with Crippen molar-refractivity contribution in [1.82, 2.24) is 5.32 Å². The second-order valence-corrected chi connectivity index (χ2v) is 2.75. The molecule has 70 valence electrons. The van der Waals surface area contributed by atoms with Crippen LogP contribution in [0.1, 0.15) is 6.42 Å². The molecule has 1 N–H and O–H groups in total. The Labute approximate surface area is 75.3 Å². The van der Waals surface area contributed by atoms with Crippen molar-refractivity contribution in [3.63, 3.8) is 0 Å². The Morgan fingerprint density at radius 1 is 1.62 bits per heavy atom. The summed E-state index contributed by atoms with van der Waals surface area (Å²) in [5.41, 5.74) is -1.61. The number of allylic oxidation sites excluding steroid dienone is 2. The average Bonchev–Trinajstić information content (AvgIpc) is 2.17. The molecule has 0 spiro atoms. The van der Waals surface area contributed by atoms with Crippen molar-refractivity contribution in [2.45, 2.75) is 12.0 Å². The number of nitrogens with one attached hydrogen (secondary N) is 1. The average molecular weight is 182 g/mol. The lowest BCUT2D eigenvalue weighted by Crippen LogP contribution is -2.50. The molecule has 1 aliphatic rings. The summed E-state index contributed by atoms with van der Waals surface area (Å²) in [7, 11) is 1.39. The van der Waals surface area contributed by atoms with E-state index >= 15 is 0 Å². The number of hydrogen-bond acceptors (Lipinski definition) is 3. The minimum atomic E-state index is -1.61. The van der Waals surface area contributed by atoms with Gasteiger partial charge in [0.1, 0.15) is 0 Å². The zero-order chi connectivity index (χ0) is 9.90. The molecule has 0 saturated heterocycles. The molecule has 0 aliphatic heterocycles. The fraction of sp³-hybridized carbons (Fsp3) is 0.375. The lowest BCUT2D eigenvalue weighted by molar-refractivity contribution is -0.537. The smallest absolute Gasteiger partial charge is 0.320 e. The van der Waals surface area contributed by atoms with Gasteiger partial charge in [-0.1, -0.05) is 18.2 Å². The standard InChI is InChI=1S/C8H10N2O3/c1-9-7(11)8(10(12)13)5-3-2-4-6-8/h2-5H,6H2,1H3,(H,9,11). The molecule has 0 aromatic rings. The van der Waals surface area contributed by atoms with Gasteiger partial charge in [0.05, 0.1) is 0 Å². The SMILES string of the molecule is CNC(=O)C1([N+](=O)[O-])C=CC=CC1. The quantitative estimate of drug-likeness (QED) is 0.492. The van der Waals surface area contributed by atoms with Gasteiger partial charge in [-0.3, -0.25) is 14.9 Å². The molecule has 13 heavy (non-hydrogen) atoms. The van der Waals surface area contributed by atoms with E-state index in [2.05, 4.69) is 5.32 Å². The molecule has 0 bridgehead atoms. The highest BCUT2D eigenvalue weighted by Gasteiger charge is 2.47. The van der Waals surface area contributed by atoms with E-state index < -0.39 is 16.4 Å². The Hall–Kier alpha value is -1.65. The first-order valence-corrected chi connectivity index (χ1v) is 3.84. The predicted molar refractivity (Wildman–Crippen MR) is 46.7 cm³/mol. The number of carbonyl (C=O) groups excluding carboxylic acids is 1. The highest BCUT2D eigenvalue weighted by atomic mass is 16.6. The van der Waals surface area contributed by atoms with Crippen LogP contribution in [0.3, 0.4) is 0 Å². The molecule has 1 atom stereocenters. The topological polar surface area (TPSA) is 72.2 Å². The van der Waals surface area contributed by atoms with Gasteiger partial charge in [0.2, 0.25) is 0 Å². The summed E-state index contributed by atoms with van der Waals surface area (Å²) in [5, 5.41) is 13.0. The van der Waals surface area contributed by atoms with Gasteiger partial charge in [-0.05, 0) is 0 Å². The molecule has 0 heterocycles.